The Kier molecular flexibility index (Phi) is 2.41. The molecule has 1 heterocycles. The monoisotopic (exact) mass is 203 g/mol. The maximum Gasteiger partial charge on any atom is 0.291 e. The maximum absolute atomic E-state index is 9.35. The molecule has 0 saturated carbocycles. The van der Waals surface area contributed by atoms with Gasteiger partial charge in [0, 0.05) is 5.56 Å². The van der Waals surface area contributed by atoms with Crippen molar-refractivity contribution in [2.45, 2.75) is 0 Å². The summed E-state index contributed by atoms with van der Waals surface area (Å²) in [6.07, 6.45) is 1.12. The Morgan fingerprint density at radius 3 is 2.60 bits per heavy atom. The van der Waals surface area contributed by atoms with Crippen molar-refractivity contribution in [3.63, 3.8) is 0 Å². The largest absolute Gasteiger partial charge is 0.480 e. The van der Waals surface area contributed by atoms with Crippen LogP contribution in [0, 0.1) is 0 Å². The summed E-state index contributed by atoms with van der Waals surface area (Å²) in [5.74, 6) is 0.273. The van der Waals surface area contributed by atoms with E-state index >= 15 is 0 Å². The number of hydrogen-bond donors (Lipinski definition) is 2. The molecule has 2 rings (SSSR count). The van der Waals surface area contributed by atoms with Crippen LogP contribution >= 0.6 is 0 Å². The van der Waals surface area contributed by atoms with Crippen LogP contribution < -0.4 is 0 Å². The standard InChI is InChI=1S/C11H9NO3/c13-11-9(7-12-14)6-10(15-11)8-4-2-1-3-5-8/h1-7,13-14H. The molecule has 15 heavy (non-hydrogen) atoms. The van der Waals surface area contributed by atoms with Crippen molar-refractivity contribution in [3.8, 4) is 17.3 Å². The van der Waals surface area contributed by atoms with Crippen LogP contribution in [0.5, 0.6) is 5.95 Å². The number of rotatable bonds is 2. The Morgan fingerprint density at radius 1 is 1.20 bits per heavy atom. The molecule has 76 valence electrons. The second-order valence-corrected chi connectivity index (χ2v) is 2.98. The number of oxime groups is 1. The summed E-state index contributed by atoms with van der Waals surface area (Å²) in [5, 5.41) is 20.5. The molecule has 1 aromatic heterocycles. The van der Waals surface area contributed by atoms with Crippen molar-refractivity contribution in [1.29, 1.82) is 0 Å². The summed E-state index contributed by atoms with van der Waals surface area (Å²) in [5.41, 5.74) is 1.20. The molecular formula is C11H9NO3. The minimum absolute atomic E-state index is 0.258. The quantitative estimate of drug-likeness (QED) is 0.447. The highest BCUT2D eigenvalue weighted by Crippen LogP contribution is 2.28. The first-order valence-electron chi connectivity index (χ1n) is 4.37. The fourth-order valence-corrected chi connectivity index (χ4v) is 1.29. The van der Waals surface area contributed by atoms with Gasteiger partial charge in [-0.15, -0.1) is 0 Å². The average Bonchev–Trinajstić information content (AvgIpc) is 2.63. The zero-order chi connectivity index (χ0) is 10.7. The van der Waals surface area contributed by atoms with Gasteiger partial charge in [0.1, 0.15) is 5.76 Å². The molecule has 2 N–H and O–H groups in total. The van der Waals surface area contributed by atoms with Crippen LogP contribution in [-0.2, 0) is 0 Å². The Balaban J connectivity index is 2.43. The van der Waals surface area contributed by atoms with Gasteiger partial charge in [-0.3, -0.25) is 0 Å². The molecular weight excluding hydrogens is 194 g/mol. The highest BCUT2D eigenvalue weighted by Gasteiger charge is 2.09. The third-order valence-corrected chi connectivity index (χ3v) is 2.00. The van der Waals surface area contributed by atoms with Crippen LogP contribution in [0.15, 0.2) is 46.0 Å². The van der Waals surface area contributed by atoms with Gasteiger partial charge in [0.05, 0.1) is 11.8 Å². The number of benzene rings is 1. The molecule has 0 aliphatic heterocycles. The summed E-state index contributed by atoms with van der Waals surface area (Å²) >= 11 is 0. The highest BCUT2D eigenvalue weighted by molar-refractivity contribution is 5.84. The summed E-state index contributed by atoms with van der Waals surface area (Å²) < 4.78 is 5.11. The molecule has 0 atom stereocenters. The fourth-order valence-electron chi connectivity index (χ4n) is 1.29. The second-order valence-electron chi connectivity index (χ2n) is 2.98. The van der Waals surface area contributed by atoms with E-state index in [0.29, 0.717) is 11.3 Å². The average molecular weight is 203 g/mol. The van der Waals surface area contributed by atoms with Crippen LogP contribution in [-0.4, -0.2) is 16.5 Å². The first kappa shape index (κ1) is 9.33. The number of hydrogen-bond acceptors (Lipinski definition) is 4. The van der Waals surface area contributed by atoms with Crippen molar-refractivity contribution in [1.82, 2.24) is 0 Å². The van der Waals surface area contributed by atoms with Gasteiger partial charge in [-0.1, -0.05) is 35.5 Å². The molecule has 0 radical (unpaired) electrons. The molecule has 0 amide bonds. The van der Waals surface area contributed by atoms with E-state index in [1.54, 1.807) is 6.07 Å². The Bertz CT molecular complexity index is 474. The molecule has 0 fully saturated rings. The Labute approximate surface area is 86.1 Å². The van der Waals surface area contributed by atoms with Crippen LogP contribution in [0.1, 0.15) is 5.56 Å². The Morgan fingerprint density at radius 2 is 1.93 bits per heavy atom. The minimum Gasteiger partial charge on any atom is -0.480 e. The van der Waals surface area contributed by atoms with Crippen molar-refractivity contribution < 1.29 is 14.7 Å². The number of nitrogens with zero attached hydrogens (tertiary/aromatic N) is 1. The molecule has 0 saturated heterocycles. The highest BCUT2D eigenvalue weighted by atomic mass is 16.5. The smallest absolute Gasteiger partial charge is 0.291 e. The topological polar surface area (TPSA) is 66.0 Å². The normalized spacial score (nSPS) is 10.9. The molecule has 0 bridgehead atoms. The third kappa shape index (κ3) is 1.83. The predicted molar refractivity (Wildman–Crippen MR) is 55.2 cm³/mol. The molecule has 2 aromatic rings. The zero-order valence-electron chi connectivity index (χ0n) is 7.79. The lowest BCUT2D eigenvalue weighted by Crippen LogP contribution is -1.74. The van der Waals surface area contributed by atoms with Crippen molar-refractivity contribution in [2.24, 2.45) is 5.16 Å². The van der Waals surface area contributed by atoms with Crippen LogP contribution in [0.2, 0.25) is 0 Å². The molecule has 0 unspecified atom stereocenters. The van der Waals surface area contributed by atoms with Gasteiger partial charge >= 0.3 is 0 Å². The molecule has 4 nitrogen and oxygen atoms in total. The SMILES string of the molecule is ON=Cc1cc(-c2ccccc2)oc1O. The van der Waals surface area contributed by atoms with E-state index < -0.39 is 0 Å². The predicted octanol–water partition coefficient (Wildman–Crippen LogP) is 2.46. The van der Waals surface area contributed by atoms with Gasteiger partial charge in [-0.25, -0.2) is 0 Å². The van der Waals surface area contributed by atoms with Crippen LogP contribution in [0.3, 0.4) is 0 Å². The number of aromatic hydroxyl groups is 1. The van der Waals surface area contributed by atoms with E-state index in [9.17, 15) is 5.11 Å². The van der Waals surface area contributed by atoms with Gasteiger partial charge in [0.25, 0.3) is 5.95 Å². The van der Waals surface area contributed by atoms with E-state index in [1.165, 1.54) is 0 Å². The summed E-state index contributed by atoms with van der Waals surface area (Å²) in [7, 11) is 0. The first-order valence-corrected chi connectivity index (χ1v) is 4.37. The summed E-state index contributed by atoms with van der Waals surface area (Å²) in [6, 6.07) is 11.0. The van der Waals surface area contributed by atoms with Gasteiger partial charge in [0.2, 0.25) is 0 Å². The van der Waals surface area contributed by atoms with E-state index in [1.807, 2.05) is 30.3 Å². The molecule has 1 aromatic carbocycles. The molecule has 0 spiro atoms. The van der Waals surface area contributed by atoms with E-state index in [4.69, 9.17) is 9.62 Å². The van der Waals surface area contributed by atoms with Crippen LogP contribution in [0.4, 0.5) is 0 Å². The summed E-state index contributed by atoms with van der Waals surface area (Å²) in [4.78, 5) is 0. The van der Waals surface area contributed by atoms with Crippen LogP contribution in [0.25, 0.3) is 11.3 Å². The lowest BCUT2D eigenvalue weighted by atomic mass is 10.1. The lowest BCUT2D eigenvalue weighted by molar-refractivity contribution is 0.319. The van der Waals surface area contributed by atoms with Crippen molar-refractivity contribution >= 4 is 6.21 Å². The fraction of sp³-hybridized carbons (Fsp3) is 0. The van der Waals surface area contributed by atoms with Crippen molar-refractivity contribution in [2.75, 3.05) is 0 Å². The summed E-state index contributed by atoms with van der Waals surface area (Å²) in [6.45, 7) is 0. The molecule has 4 heteroatoms. The van der Waals surface area contributed by atoms with Crippen molar-refractivity contribution in [3.05, 3.63) is 42.0 Å². The zero-order valence-corrected chi connectivity index (χ0v) is 7.79. The minimum atomic E-state index is -0.258. The van der Waals surface area contributed by atoms with Gasteiger partial charge in [-0.05, 0) is 6.07 Å². The number of furan rings is 1. The second kappa shape index (κ2) is 3.88. The van der Waals surface area contributed by atoms with Gasteiger partial charge in [-0.2, -0.15) is 0 Å². The Hall–Kier alpha value is -2.23. The van der Waals surface area contributed by atoms with E-state index in [0.717, 1.165) is 11.8 Å². The first-order chi connectivity index (χ1) is 7.31. The van der Waals surface area contributed by atoms with Gasteiger partial charge in [0.15, 0.2) is 0 Å². The lowest BCUT2D eigenvalue weighted by Gasteiger charge is -1.93. The van der Waals surface area contributed by atoms with Gasteiger partial charge < -0.3 is 14.7 Å². The van der Waals surface area contributed by atoms with E-state index in [2.05, 4.69) is 5.16 Å². The molecule has 0 aliphatic rings. The maximum atomic E-state index is 9.35. The molecule has 0 aliphatic carbocycles. The van der Waals surface area contributed by atoms with E-state index in [-0.39, 0.29) is 5.95 Å². The third-order valence-electron chi connectivity index (χ3n) is 2.00.